The maximum absolute atomic E-state index is 13.0. The summed E-state index contributed by atoms with van der Waals surface area (Å²) in [5, 5.41) is 74.7. The largest absolute Gasteiger partial charge is 0.480 e. The molecule has 0 bridgehead atoms. The van der Waals surface area contributed by atoms with Crippen LogP contribution in [0, 0.1) is 5.41 Å². The van der Waals surface area contributed by atoms with Crippen LogP contribution < -0.4 is 65.1 Å². The summed E-state index contributed by atoms with van der Waals surface area (Å²) in [6.45, 7) is -3.72. The lowest BCUT2D eigenvalue weighted by Crippen LogP contribution is -2.59. The number of amides is 10. The van der Waals surface area contributed by atoms with Gasteiger partial charge in [-0.3, -0.25) is 53.4 Å². The van der Waals surface area contributed by atoms with Crippen molar-refractivity contribution in [2.24, 2.45) is 17.2 Å². The van der Waals surface area contributed by atoms with E-state index in [9.17, 15) is 73.2 Å². The van der Waals surface area contributed by atoms with E-state index in [4.69, 9.17) is 27.7 Å². The maximum atomic E-state index is 13.0. The number of hydrogen-bond acceptors (Lipinski definition) is 17. The Balaban J connectivity index is 2.76. The molecule has 0 radical (unpaired) electrons. The van der Waals surface area contributed by atoms with Gasteiger partial charge in [0.05, 0.1) is 52.0 Å². The van der Waals surface area contributed by atoms with E-state index in [1.165, 1.54) is 0 Å². The maximum Gasteiger partial charge on any atom is 0.326 e. The molecule has 30 nitrogen and oxygen atoms in total. The Morgan fingerprint density at radius 3 is 1.78 bits per heavy atom. The van der Waals surface area contributed by atoms with Crippen LogP contribution in [0.4, 0.5) is 0 Å². The van der Waals surface area contributed by atoms with Gasteiger partial charge in [-0.2, -0.15) is 0 Å². The quantitative estimate of drug-likeness (QED) is 0.0197. The second kappa shape index (κ2) is 28.0. The smallest absolute Gasteiger partial charge is 0.326 e. The summed E-state index contributed by atoms with van der Waals surface area (Å²) in [4.78, 5) is 139. The van der Waals surface area contributed by atoms with Crippen molar-refractivity contribution in [1.82, 2.24) is 52.8 Å². The molecule has 0 aromatic carbocycles. The van der Waals surface area contributed by atoms with Crippen LogP contribution in [0.3, 0.4) is 0 Å². The van der Waals surface area contributed by atoms with Crippen molar-refractivity contribution >= 4 is 71.0 Å². The number of nitrogens with zero attached hydrogens (tertiary/aromatic N) is 1. The normalized spacial score (nSPS) is 16.4. The van der Waals surface area contributed by atoms with Gasteiger partial charge in [0.1, 0.15) is 42.3 Å². The number of rotatable bonds is 28. The topological polar surface area (TPSA) is 502 Å². The molecule has 0 aromatic rings. The summed E-state index contributed by atoms with van der Waals surface area (Å²) in [5.41, 5.74) is 15.7. The number of nitrogens with two attached hydrogens (primary N) is 3. The zero-order valence-corrected chi connectivity index (χ0v) is 34.7. The average molecular weight is 919 g/mol. The van der Waals surface area contributed by atoms with Crippen LogP contribution in [0.1, 0.15) is 39.0 Å². The molecule has 1 aliphatic heterocycles. The Hall–Kier alpha value is -6.76. The van der Waals surface area contributed by atoms with Gasteiger partial charge in [0.25, 0.3) is 0 Å². The number of aliphatic hydroxyl groups excluding tert-OH is 4. The fourth-order valence-corrected chi connectivity index (χ4v) is 5.66. The predicted octanol–water partition coefficient (Wildman–Crippen LogP) is -11.3. The molecule has 8 atom stereocenters. The summed E-state index contributed by atoms with van der Waals surface area (Å²) in [5.74, 6) is -11.9. The van der Waals surface area contributed by atoms with Crippen molar-refractivity contribution < 1.29 is 78.3 Å². The van der Waals surface area contributed by atoms with E-state index in [-0.39, 0.29) is 38.3 Å². The molecule has 1 saturated heterocycles. The first kappa shape index (κ1) is 55.3. The van der Waals surface area contributed by atoms with Crippen molar-refractivity contribution in [2.45, 2.75) is 87.4 Å². The molecule has 1 fully saturated rings. The van der Waals surface area contributed by atoms with E-state index in [2.05, 4.69) is 47.9 Å². The monoisotopic (exact) mass is 918 g/mol. The van der Waals surface area contributed by atoms with E-state index >= 15 is 0 Å². The molecule has 1 rings (SSSR count). The first-order chi connectivity index (χ1) is 30.1. The van der Waals surface area contributed by atoms with Crippen LogP contribution in [0.25, 0.3) is 0 Å². The molecule has 0 spiro atoms. The van der Waals surface area contributed by atoms with Crippen molar-refractivity contribution in [3.05, 3.63) is 0 Å². The predicted molar refractivity (Wildman–Crippen MR) is 215 cm³/mol. The Morgan fingerprint density at radius 2 is 1.23 bits per heavy atom. The van der Waals surface area contributed by atoms with Gasteiger partial charge in [-0.1, -0.05) is 0 Å². The third-order valence-corrected chi connectivity index (χ3v) is 9.04. The number of carboxylic acids is 1. The summed E-state index contributed by atoms with van der Waals surface area (Å²) in [6.07, 6.45) is -1.91. The third kappa shape index (κ3) is 19.5. The van der Waals surface area contributed by atoms with E-state index in [0.717, 1.165) is 11.8 Å². The lowest BCUT2D eigenvalue weighted by atomic mass is 10.1. The molecule has 21 N–H and O–H groups in total. The number of aliphatic carboxylic acids is 1. The van der Waals surface area contributed by atoms with E-state index < -0.39 is 159 Å². The molecule has 10 amide bonds. The minimum atomic E-state index is -1.81. The van der Waals surface area contributed by atoms with Gasteiger partial charge in [0, 0.05) is 13.1 Å². The van der Waals surface area contributed by atoms with Gasteiger partial charge >= 0.3 is 5.97 Å². The van der Waals surface area contributed by atoms with E-state index in [1.807, 2.05) is 0 Å². The molecule has 0 unspecified atom stereocenters. The second-order valence-electron chi connectivity index (χ2n) is 14.1. The van der Waals surface area contributed by atoms with E-state index in [0.29, 0.717) is 6.42 Å². The van der Waals surface area contributed by atoms with Gasteiger partial charge in [-0.15, -0.1) is 0 Å². The van der Waals surface area contributed by atoms with Crippen molar-refractivity contribution in [3.63, 3.8) is 0 Å². The molecule has 0 aliphatic carbocycles. The first-order valence-corrected chi connectivity index (χ1v) is 19.5. The highest BCUT2D eigenvalue weighted by molar-refractivity contribution is 5.97. The number of aliphatic hydroxyl groups is 4. The van der Waals surface area contributed by atoms with Gasteiger partial charge in [-0.05, 0) is 32.6 Å². The fourth-order valence-electron chi connectivity index (χ4n) is 5.66. The summed E-state index contributed by atoms with van der Waals surface area (Å²) < 4.78 is 0. The van der Waals surface area contributed by atoms with E-state index in [1.54, 1.807) is 0 Å². The molecule has 360 valence electrons. The Morgan fingerprint density at radius 1 is 0.688 bits per heavy atom. The molecule has 30 heteroatoms. The van der Waals surface area contributed by atoms with Gasteiger partial charge < -0.3 is 95.5 Å². The molecular weight excluding hydrogens is 860 g/mol. The zero-order valence-electron chi connectivity index (χ0n) is 34.7. The molecule has 1 aliphatic rings. The molecule has 1 heterocycles. The minimum absolute atomic E-state index is 0.0890. The van der Waals surface area contributed by atoms with Gasteiger partial charge in [0.2, 0.25) is 59.1 Å². The molecule has 0 saturated carbocycles. The third-order valence-electron chi connectivity index (χ3n) is 9.04. The molecule has 0 aromatic heterocycles. The lowest BCUT2D eigenvalue weighted by molar-refractivity contribution is -0.142. The minimum Gasteiger partial charge on any atom is -0.480 e. The fraction of sp³-hybridized carbons (Fsp3) is 0.647. The number of carboxylic acid groups (broad SMARTS) is 1. The Labute approximate surface area is 364 Å². The van der Waals surface area contributed by atoms with Crippen molar-refractivity contribution in [1.29, 1.82) is 5.41 Å². The standard InChI is InChI=1S/C34H58N14O16/c1-15(52)26(32(62)41-10-23(54)43-18(8-22(36)53)29(59)45-17(33(63)64)4-2-6-39-34(37)38)47-30(60)20(14-51)44-24(55)9-40-31(61)21-5-3-7-48(21)25(56)11-42-28(58)19(13-50)46-27(57)16(35)12-49/h15-21,26,49-52H,2-14,35H2,1H3,(H2,36,53)(H,40,61)(H,41,62)(H,42,58)(H,43,54)(H,44,55)(H,45,59)(H,46,57)(H,47,60)(H,63,64)(H4,37,38,39)/t15-,16+,17+,18+,19+,20+,21+,26+/m1/s1. The summed E-state index contributed by atoms with van der Waals surface area (Å²) in [7, 11) is 0. The van der Waals surface area contributed by atoms with Crippen LogP contribution in [0.5, 0.6) is 0 Å². The molecule has 64 heavy (non-hydrogen) atoms. The van der Waals surface area contributed by atoms with Crippen LogP contribution in [0.2, 0.25) is 0 Å². The van der Waals surface area contributed by atoms with Gasteiger partial charge in [-0.25, -0.2) is 4.79 Å². The van der Waals surface area contributed by atoms with Crippen LogP contribution in [0.15, 0.2) is 0 Å². The number of guanidine groups is 1. The summed E-state index contributed by atoms with van der Waals surface area (Å²) >= 11 is 0. The van der Waals surface area contributed by atoms with Crippen LogP contribution in [-0.2, 0) is 52.7 Å². The van der Waals surface area contributed by atoms with Gasteiger partial charge in [0.15, 0.2) is 5.96 Å². The average Bonchev–Trinajstić information content (AvgIpc) is 3.74. The van der Waals surface area contributed by atoms with Crippen molar-refractivity contribution in [2.75, 3.05) is 52.5 Å². The van der Waals surface area contributed by atoms with Crippen LogP contribution >= 0.6 is 0 Å². The lowest BCUT2D eigenvalue weighted by Gasteiger charge is -2.25. The Bertz CT molecular complexity index is 1720. The second-order valence-corrected chi connectivity index (χ2v) is 14.1. The zero-order chi connectivity index (χ0) is 48.7. The number of carbonyl (C=O) groups is 11. The van der Waals surface area contributed by atoms with Crippen LogP contribution in [-0.4, -0.2) is 202 Å². The number of hydrogen-bond donors (Lipinski definition) is 18. The summed E-state index contributed by atoms with van der Waals surface area (Å²) in [6, 6.07) is -10.7. The molecular formula is C34H58N14O16. The number of carbonyl (C=O) groups excluding carboxylic acids is 10. The number of likely N-dealkylation sites (tertiary alicyclic amines) is 1. The van der Waals surface area contributed by atoms with Crippen molar-refractivity contribution in [3.8, 4) is 0 Å². The SMILES string of the molecule is C[C@@H](O)[C@H](NC(=O)[C@H](CO)NC(=O)CNC(=O)[C@@H]1CCCN1C(=O)CNC(=O)[C@H](CO)NC(=O)[C@@H](N)CO)C(=O)NCC(=O)N[C@@H](CC(N)=O)C(=O)N[C@@H](CCCNC(=N)N)C(=O)O. The highest BCUT2D eigenvalue weighted by Gasteiger charge is 2.36. The number of nitrogens with one attached hydrogen (secondary N) is 10. The highest BCUT2D eigenvalue weighted by Crippen LogP contribution is 2.17. The highest BCUT2D eigenvalue weighted by atomic mass is 16.4. The number of primary amides is 1. The Kier molecular flexibility index (Phi) is 24.2. The first-order valence-electron chi connectivity index (χ1n) is 19.5.